The van der Waals surface area contributed by atoms with Crippen molar-refractivity contribution in [3.63, 3.8) is 0 Å². The number of anilines is 1. The van der Waals surface area contributed by atoms with Crippen LogP contribution in [0.25, 0.3) is 0 Å². The van der Waals surface area contributed by atoms with Crippen LogP contribution in [0.2, 0.25) is 0 Å². The number of pyridine rings is 1. The first-order valence-electron chi connectivity index (χ1n) is 6.16. The molecule has 1 N–H and O–H groups in total. The highest BCUT2D eigenvalue weighted by atomic mass is 16.5. The lowest BCUT2D eigenvalue weighted by molar-refractivity contribution is 0.398. The molecule has 0 saturated carbocycles. The molecular formula is C15H18N2O. The summed E-state index contributed by atoms with van der Waals surface area (Å²) in [4.78, 5) is 4.37. The summed E-state index contributed by atoms with van der Waals surface area (Å²) in [6.07, 6.45) is 1.00. The number of methoxy groups -OCH3 is 1. The molecule has 1 unspecified atom stereocenters. The molecule has 1 heterocycles. The molecule has 1 atom stereocenters. The fraction of sp³-hybridized carbons (Fsp3) is 0.267. The van der Waals surface area contributed by atoms with Crippen molar-refractivity contribution in [1.82, 2.24) is 4.98 Å². The highest BCUT2D eigenvalue weighted by molar-refractivity contribution is 5.40. The molecule has 1 aromatic heterocycles. The van der Waals surface area contributed by atoms with E-state index in [2.05, 4.69) is 41.5 Å². The van der Waals surface area contributed by atoms with Crippen molar-refractivity contribution in [1.29, 1.82) is 0 Å². The predicted octanol–water partition coefficient (Wildman–Crippen LogP) is 3.65. The zero-order chi connectivity index (χ0) is 12.8. The maximum atomic E-state index is 5.12. The summed E-state index contributed by atoms with van der Waals surface area (Å²) in [6.45, 7) is 2.16. The van der Waals surface area contributed by atoms with Crippen molar-refractivity contribution in [2.45, 2.75) is 19.4 Å². The first-order chi connectivity index (χ1) is 8.83. The molecule has 18 heavy (non-hydrogen) atoms. The van der Waals surface area contributed by atoms with Gasteiger partial charge in [-0.25, -0.2) is 0 Å². The first kappa shape index (κ1) is 12.4. The number of hydrogen-bond acceptors (Lipinski definition) is 3. The van der Waals surface area contributed by atoms with E-state index in [1.807, 2.05) is 24.3 Å². The quantitative estimate of drug-likeness (QED) is 0.869. The standard InChI is InChI=1S/C15H18N2O/c1-3-13(12-8-5-4-6-9-12)16-14-10-7-11-15(17-14)18-2/h4-11,13H,3H2,1-2H3,(H,16,17). The highest BCUT2D eigenvalue weighted by Crippen LogP contribution is 2.22. The van der Waals surface area contributed by atoms with Crippen LogP contribution in [0.15, 0.2) is 48.5 Å². The van der Waals surface area contributed by atoms with Crippen molar-refractivity contribution < 1.29 is 4.74 Å². The second kappa shape index (κ2) is 6.05. The second-order valence-corrected chi connectivity index (χ2v) is 4.08. The Labute approximate surface area is 108 Å². The molecule has 0 aliphatic heterocycles. The van der Waals surface area contributed by atoms with E-state index in [0.717, 1.165) is 12.2 Å². The van der Waals surface area contributed by atoms with Crippen LogP contribution in [0.4, 0.5) is 5.82 Å². The van der Waals surface area contributed by atoms with Gasteiger partial charge in [0.1, 0.15) is 5.82 Å². The molecule has 0 aliphatic rings. The number of aromatic nitrogens is 1. The van der Waals surface area contributed by atoms with Crippen molar-refractivity contribution in [2.75, 3.05) is 12.4 Å². The summed E-state index contributed by atoms with van der Waals surface area (Å²) < 4.78 is 5.12. The van der Waals surface area contributed by atoms with E-state index in [1.54, 1.807) is 7.11 Å². The molecule has 1 aromatic carbocycles. The number of hydrogen-bond donors (Lipinski definition) is 1. The largest absolute Gasteiger partial charge is 0.481 e. The number of nitrogens with zero attached hydrogens (tertiary/aromatic N) is 1. The summed E-state index contributed by atoms with van der Waals surface area (Å²) in [6, 6.07) is 16.4. The Hall–Kier alpha value is -2.03. The third kappa shape index (κ3) is 3.00. The van der Waals surface area contributed by atoms with E-state index in [-0.39, 0.29) is 6.04 Å². The van der Waals surface area contributed by atoms with Gasteiger partial charge in [0.25, 0.3) is 0 Å². The van der Waals surface area contributed by atoms with E-state index < -0.39 is 0 Å². The minimum Gasteiger partial charge on any atom is -0.481 e. The number of nitrogens with one attached hydrogen (secondary N) is 1. The predicted molar refractivity (Wildman–Crippen MR) is 73.9 cm³/mol. The fourth-order valence-corrected chi connectivity index (χ4v) is 1.89. The van der Waals surface area contributed by atoms with E-state index in [4.69, 9.17) is 4.74 Å². The van der Waals surface area contributed by atoms with Gasteiger partial charge in [-0.15, -0.1) is 0 Å². The maximum Gasteiger partial charge on any atom is 0.214 e. The molecule has 0 saturated heterocycles. The van der Waals surface area contributed by atoms with Crippen LogP contribution >= 0.6 is 0 Å². The number of rotatable bonds is 5. The molecule has 0 fully saturated rings. The molecule has 2 rings (SSSR count). The van der Waals surface area contributed by atoms with Gasteiger partial charge in [-0.3, -0.25) is 0 Å². The molecule has 94 valence electrons. The molecule has 0 bridgehead atoms. The molecule has 0 amide bonds. The Balaban J connectivity index is 2.15. The van der Waals surface area contributed by atoms with Crippen LogP contribution in [-0.4, -0.2) is 12.1 Å². The van der Waals surface area contributed by atoms with Crippen LogP contribution in [0, 0.1) is 0 Å². The minimum absolute atomic E-state index is 0.269. The summed E-state index contributed by atoms with van der Waals surface area (Å²) >= 11 is 0. The topological polar surface area (TPSA) is 34.1 Å². The summed E-state index contributed by atoms with van der Waals surface area (Å²) in [5.74, 6) is 1.47. The van der Waals surface area contributed by atoms with E-state index in [9.17, 15) is 0 Å². The van der Waals surface area contributed by atoms with Gasteiger partial charge in [0, 0.05) is 6.07 Å². The third-order valence-electron chi connectivity index (χ3n) is 2.86. The Morgan fingerprint density at radius 1 is 1.11 bits per heavy atom. The molecule has 2 aromatic rings. The first-order valence-corrected chi connectivity index (χ1v) is 6.16. The lowest BCUT2D eigenvalue weighted by Gasteiger charge is -2.18. The smallest absolute Gasteiger partial charge is 0.214 e. The number of ether oxygens (including phenoxy) is 1. The lowest BCUT2D eigenvalue weighted by Crippen LogP contribution is -2.10. The average Bonchev–Trinajstić information content (AvgIpc) is 2.46. The van der Waals surface area contributed by atoms with Crippen LogP contribution < -0.4 is 10.1 Å². The van der Waals surface area contributed by atoms with Crippen molar-refractivity contribution in [3.05, 3.63) is 54.1 Å². The van der Waals surface area contributed by atoms with Gasteiger partial charge in [0.2, 0.25) is 5.88 Å². The fourth-order valence-electron chi connectivity index (χ4n) is 1.89. The van der Waals surface area contributed by atoms with Gasteiger partial charge in [-0.05, 0) is 18.1 Å². The van der Waals surface area contributed by atoms with E-state index in [1.165, 1.54) is 5.56 Å². The van der Waals surface area contributed by atoms with Gasteiger partial charge in [-0.2, -0.15) is 4.98 Å². The molecule has 0 aliphatic carbocycles. The Kier molecular flexibility index (Phi) is 4.18. The van der Waals surface area contributed by atoms with Gasteiger partial charge in [0.15, 0.2) is 0 Å². The molecule has 3 heteroatoms. The average molecular weight is 242 g/mol. The van der Waals surface area contributed by atoms with Crippen molar-refractivity contribution >= 4 is 5.82 Å². The van der Waals surface area contributed by atoms with Gasteiger partial charge >= 0.3 is 0 Å². The monoisotopic (exact) mass is 242 g/mol. The highest BCUT2D eigenvalue weighted by Gasteiger charge is 2.09. The maximum absolute atomic E-state index is 5.12. The minimum atomic E-state index is 0.269. The van der Waals surface area contributed by atoms with Crippen LogP contribution in [0.3, 0.4) is 0 Å². The third-order valence-corrected chi connectivity index (χ3v) is 2.86. The lowest BCUT2D eigenvalue weighted by atomic mass is 10.0. The zero-order valence-electron chi connectivity index (χ0n) is 10.8. The van der Waals surface area contributed by atoms with Crippen LogP contribution in [-0.2, 0) is 0 Å². The van der Waals surface area contributed by atoms with Gasteiger partial charge in [-0.1, -0.05) is 43.3 Å². The Bertz CT molecular complexity index is 485. The van der Waals surface area contributed by atoms with E-state index in [0.29, 0.717) is 5.88 Å². The Morgan fingerprint density at radius 3 is 2.56 bits per heavy atom. The van der Waals surface area contributed by atoms with Crippen molar-refractivity contribution in [2.24, 2.45) is 0 Å². The molecule has 0 spiro atoms. The van der Waals surface area contributed by atoms with Gasteiger partial charge < -0.3 is 10.1 Å². The summed E-state index contributed by atoms with van der Waals surface area (Å²) in [7, 11) is 1.63. The van der Waals surface area contributed by atoms with E-state index >= 15 is 0 Å². The zero-order valence-corrected chi connectivity index (χ0v) is 10.8. The Morgan fingerprint density at radius 2 is 1.89 bits per heavy atom. The second-order valence-electron chi connectivity index (χ2n) is 4.08. The van der Waals surface area contributed by atoms with Crippen molar-refractivity contribution in [3.8, 4) is 5.88 Å². The normalized spacial score (nSPS) is 11.9. The van der Waals surface area contributed by atoms with Crippen LogP contribution in [0.5, 0.6) is 5.88 Å². The molecular weight excluding hydrogens is 224 g/mol. The summed E-state index contributed by atoms with van der Waals surface area (Å²) in [5, 5.41) is 3.43. The molecule has 3 nitrogen and oxygen atoms in total. The SMILES string of the molecule is CCC(Nc1cccc(OC)n1)c1ccccc1. The summed E-state index contributed by atoms with van der Waals surface area (Å²) in [5.41, 5.74) is 1.27. The van der Waals surface area contributed by atoms with Crippen LogP contribution in [0.1, 0.15) is 24.9 Å². The number of benzene rings is 1. The van der Waals surface area contributed by atoms with Gasteiger partial charge in [0.05, 0.1) is 13.2 Å². The molecule has 0 radical (unpaired) electrons.